The smallest absolute Gasteiger partial charge is 0.196 e. The second kappa shape index (κ2) is 4.28. The van der Waals surface area contributed by atoms with E-state index in [0.29, 0.717) is 0 Å². The van der Waals surface area contributed by atoms with E-state index >= 15 is 0 Å². The molecule has 1 saturated heterocycles. The van der Waals surface area contributed by atoms with Gasteiger partial charge in [-0.05, 0) is 19.8 Å². The van der Waals surface area contributed by atoms with E-state index in [4.69, 9.17) is 4.84 Å². The Morgan fingerprint density at radius 3 is 2.80 bits per heavy atom. The molecule has 0 N–H and O–H groups in total. The fraction of sp³-hybridized carbons (Fsp3) is 0.857. The predicted octanol–water partition coefficient (Wildman–Crippen LogP) is 1.06. The highest BCUT2D eigenvalue weighted by Gasteiger charge is 2.10. The Hall–Kier alpha value is -0.570. The second-order valence-corrected chi connectivity index (χ2v) is 2.35. The van der Waals surface area contributed by atoms with Gasteiger partial charge in [-0.1, -0.05) is 0 Å². The summed E-state index contributed by atoms with van der Waals surface area (Å²) in [5, 5.41) is 1.94. The third-order valence-electron chi connectivity index (χ3n) is 1.52. The first kappa shape index (κ1) is 7.54. The molecule has 0 spiro atoms. The molecule has 1 rings (SSSR count). The summed E-state index contributed by atoms with van der Waals surface area (Å²) in [5.74, 6) is 0. The first-order valence-electron chi connectivity index (χ1n) is 3.83. The average Bonchev–Trinajstić information content (AvgIpc) is 2.41. The zero-order valence-electron chi connectivity index (χ0n) is 6.42. The lowest BCUT2D eigenvalue weighted by molar-refractivity contribution is -0.0424. The number of hydroxylamine groups is 2. The number of nitrogens with zero attached hydrogens (tertiary/aromatic N) is 2. The van der Waals surface area contributed by atoms with Crippen molar-refractivity contribution in [2.45, 2.75) is 19.8 Å². The monoisotopic (exact) mass is 142 g/mol. The van der Waals surface area contributed by atoms with Gasteiger partial charge in [0.25, 0.3) is 0 Å². The maximum atomic E-state index is 5.18. The van der Waals surface area contributed by atoms with Crippen molar-refractivity contribution in [1.29, 1.82) is 0 Å². The molecular formula is C7H14N2O. The van der Waals surface area contributed by atoms with Gasteiger partial charge < -0.3 is 4.84 Å². The van der Waals surface area contributed by atoms with Crippen molar-refractivity contribution in [3.63, 3.8) is 0 Å². The first-order chi connectivity index (χ1) is 4.93. The van der Waals surface area contributed by atoms with Gasteiger partial charge in [0, 0.05) is 19.6 Å². The number of aliphatic imine (C=N–C) groups is 1. The molecule has 0 atom stereocenters. The maximum Gasteiger partial charge on any atom is 0.196 e. The van der Waals surface area contributed by atoms with Crippen molar-refractivity contribution in [3.05, 3.63) is 0 Å². The van der Waals surface area contributed by atoms with E-state index in [2.05, 4.69) is 4.99 Å². The molecule has 0 aromatic heterocycles. The third kappa shape index (κ3) is 2.35. The van der Waals surface area contributed by atoms with Crippen LogP contribution in [-0.4, -0.2) is 31.1 Å². The molecule has 3 heteroatoms. The van der Waals surface area contributed by atoms with Crippen LogP contribution in [0.25, 0.3) is 0 Å². The highest BCUT2D eigenvalue weighted by atomic mass is 16.7. The standard InChI is InChI=1S/C7H14N2O/c1-2-8-7-10-9-5-3-4-6-9/h7H,2-6H2,1H3. The van der Waals surface area contributed by atoms with Gasteiger partial charge in [0.15, 0.2) is 6.40 Å². The van der Waals surface area contributed by atoms with E-state index in [0.717, 1.165) is 19.6 Å². The molecular weight excluding hydrogens is 128 g/mol. The van der Waals surface area contributed by atoms with Crippen molar-refractivity contribution < 1.29 is 4.84 Å². The summed E-state index contributed by atoms with van der Waals surface area (Å²) in [6, 6.07) is 0. The molecule has 0 amide bonds. The molecule has 3 nitrogen and oxygen atoms in total. The van der Waals surface area contributed by atoms with Gasteiger partial charge in [-0.25, -0.2) is 0 Å². The van der Waals surface area contributed by atoms with Gasteiger partial charge in [0.2, 0.25) is 0 Å². The van der Waals surface area contributed by atoms with Crippen LogP contribution < -0.4 is 0 Å². The Kier molecular flexibility index (Phi) is 3.22. The second-order valence-electron chi connectivity index (χ2n) is 2.35. The van der Waals surface area contributed by atoms with Crippen LogP contribution in [0.4, 0.5) is 0 Å². The summed E-state index contributed by atoms with van der Waals surface area (Å²) in [6.07, 6.45) is 4.03. The minimum absolute atomic E-state index is 0.799. The molecule has 1 heterocycles. The summed E-state index contributed by atoms with van der Waals surface area (Å²) in [6.45, 7) is 4.89. The van der Waals surface area contributed by atoms with Crippen LogP contribution in [0.3, 0.4) is 0 Å². The van der Waals surface area contributed by atoms with E-state index in [9.17, 15) is 0 Å². The molecule has 0 bridgehead atoms. The van der Waals surface area contributed by atoms with Crippen LogP contribution in [0.15, 0.2) is 4.99 Å². The van der Waals surface area contributed by atoms with Crippen LogP contribution in [0.1, 0.15) is 19.8 Å². The molecule has 0 saturated carbocycles. The van der Waals surface area contributed by atoms with Crippen molar-refractivity contribution in [3.8, 4) is 0 Å². The number of hydrogen-bond acceptors (Lipinski definition) is 3. The van der Waals surface area contributed by atoms with Gasteiger partial charge in [0.05, 0.1) is 0 Å². The normalized spacial score (nSPS) is 20.5. The summed E-state index contributed by atoms with van der Waals surface area (Å²) in [5.41, 5.74) is 0. The minimum Gasteiger partial charge on any atom is -0.394 e. The predicted molar refractivity (Wildman–Crippen MR) is 40.9 cm³/mol. The highest BCUT2D eigenvalue weighted by molar-refractivity contribution is 5.45. The summed E-state index contributed by atoms with van der Waals surface area (Å²) < 4.78 is 0. The Morgan fingerprint density at radius 2 is 2.20 bits per heavy atom. The molecule has 0 aromatic rings. The van der Waals surface area contributed by atoms with Gasteiger partial charge in [-0.15, -0.1) is 5.06 Å². The Balaban J connectivity index is 2.06. The molecule has 0 aromatic carbocycles. The van der Waals surface area contributed by atoms with Crippen molar-refractivity contribution in [1.82, 2.24) is 5.06 Å². The molecule has 1 fully saturated rings. The highest BCUT2D eigenvalue weighted by Crippen LogP contribution is 2.05. The van der Waals surface area contributed by atoms with Crippen LogP contribution in [0.5, 0.6) is 0 Å². The summed E-state index contributed by atoms with van der Waals surface area (Å²) in [7, 11) is 0. The number of hydrogen-bond donors (Lipinski definition) is 0. The summed E-state index contributed by atoms with van der Waals surface area (Å²) in [4.78, 5) is 9.13. The lowest BCUT2D eigenvalue weighted by Gasteiger charge is -2.10. The Labute approximate surface area is 61.6 Å². The fourth-order valence-corrected chi connectivity index (χ4v) is 0.968. The van der Waals surface area contributed by atoms with Crippen molar-refractivity contribution >= 4 is 6.40 Å². The first-order valence-corrected chi connectivity index (χ1v) is 3.83. The lowest BCUT2D eigenvalue weighted by atomic mass is 10.4. The van der Waals surface area contributed by atoms with E-state index in [1.165, 1.54) is 19.2 Å². The van der Waals surface area contributed by atoms with E-state index in [1.54, 1.807) is 0 Å². The van der Waals surface area contributed by atoms with E-state index < -0.39 is 0 Å². The molecule has 0 aliphatic carbocycles. The zero-order chi connectivity index (χ0) is 7.23. The van der Waals surface area contributed by atoms with Gasteiger partial charge in [-0.3, -0.25) is 4.99 Å². The third-order valence-corrected chi connectivity index (χ3v) is 1.52. The SMILES string of the molecule is CCN=CON1CCCC1. The zero-order valence-corrected chi connectivity index (χ0v) is 6.42. The average molecular weight is 142 g/mol. The maximum absolute atomic E-state index is 5.18. The molecule has 0 radical (unpaired) electrons. The largest absolute Gasteiger partial charge is 0.394 e. The quantitative estimate of drug-likeness (QED) is 0.435. The molecule has 0 unspecified atom stereocenters. The van der Waals surface area contributed by atoms with Crippen LogP contribution >= 0.6 is 0 Å². The number of rotatable bonds is 3. The molecule has 10 heavy (non-hydrogen) atoms. The minimum atomic E-state index is 0.799. The Morgan fingerprint density at radius 1 is 1.50 bits per heavy atom. The summed E-state index contributed by atoms with van der Waals surface area (Å²) >= 11 is 0. The lowest BCUT2D eigenvalue weighted by Crippen LogP contribution is -2.18. The van der Waals surface area contributed by atoms with E-state index in [-0.39, 0.29) is 0 Å². The van der Waals surface area contributed by atoms with Crippen LogP contribution in [-0.2, 0) is 4.84 Å². The fourth-order valence-electron chi connectivity index (χ4n) is 0.968. The van der Waals surface area contributed by atoms with Gasteiger partial charge in [0.1, 0.15) is 0 Å². The Bertz CT molecular complexity index is 108. The molecule has 1 aliphatic rings. The van der Waals surface area contributed by atoms with Gasteiger partial charge >= 0.3 is 0 Å². The van der Waals surface area contributed by atoms with E-state index in [1.807, 2.05) is 12.0 Å². The van der Waals surface area contributed by atoms with Crippen LogP contribution in [0.2, 0.25) is 0 Å². The molecule has 58 valence electrons. The van der Waals surface area contributed by atoms with Gasteiger partial charge in [-0.2, -0.15) is 0 Å². The molecule has 1 aliphatic heterocycles. The van der Waals surface area contributed by atoms with Crippen molar-refractivity contribution in [2.24, 2.45) is 4.99 Å². The van der Waals surface area contributed by atoms with Crippen molar-refractivity contribution in [2.75, 3.05) is 19.6 Å². The topological polar surface area (TPSA) is 24.8 Å². The van der Waals surface area contributed by atoms with Crippen LogP contribution in [0, 0.1) is 0 Å².